The Balaban J connectivity index is 2.18. The van der Waals surface area contributed by atoms with Gasteiger partial charge in [0.2, 0.25) is 0 Å². The molecule has 1 aromatic carbocycles. The molecule has 15 heavy (non-hydrogen) atoms. The summed E-state index contributed by atoms with van der Waals surface area (Å²) in [6, 6.07) is 7.95. The highest BCUT2D eigenvalue weighted by Gasteiger charge is 2.25. The van der Waals surface area contributed by atoms with E-state index < -0.39 is 0 Å². The average Bonchev–Trinajstić information content (AvgIpc) is 2.72. The summed E-state index contributed by atoms with van der Waals surface area (Å²) in [5.41, 5.74) is 7.76. The van der Waals surface area contributed by atoms with Crippen LogP contribution in [0.2, 0.25) is 0 Å². The predicted octanol–water partition coefficient (Wildman–Crippen LogP) is 2.53. The van der Waals surface area contributed by atoms with Crippen molar-refractivity contribution in [3.63, 3.8) is 0 Å². The molecule has 1 aliphatic rings. The predicted molar refractivity (Wildman–Crippen MR) is 62.6 cm³/mol. The largest absolute Gasteiger partial charge is 0.399 e. The molecule has 2 heteroatoms. The topological polar surface area (TPSA) is 46.2 Å². The third-order valence-electron chi connectivity index (χ3n) is 3.50. The molecule has 0 heterocycles. The van der Waals surface area contributed by atoms with Crippen LogP contribution in [0.1, 0.15) is 37.2 Å². The summed E-state index contributed by atoms with van der Waals surface area (Å²) in [7, 11) is 0. The fraction of sp³-hybridized carbons (Fsp3) is 0.538. The molecule has 1 aromatic rings. The third kappa shape index (κ3) is 2.32. The van der Waals surface area contributed by atoms with Crippen molar-refractivity contribution in [1.29, 1.82) is 0 Å². The minimum atomic E-state index is 0.244. The Bertz CT molecular complexity index is 318. The molecule has 1 atom stereocenters. The number of aliphatic hydroxyl groups excluding tert-OH is 1. The van der Waals surface area contributed by atoms with E-state index in [-0.39, 0.29) is 12.5 Å². The highest BCUT2D eigenvalue weighted by Crippen LogP contribution is 2.37. The van der Waals surface area contributed by atoms with Crippen LogP contribution in [-0.2, 0) is 0 Å². The lowest BCUT2D eigenvalue weighted by molar-refractivity contribution is 0.226. The number of rotatable bonds is 3. The van der Waals surface area contributed by atoms with Crippen LogP contribution in [0.5, 0.6) is 0 Å². The summed E-state index contributed by atoms with van der Waals surface area (Å²) in [5, 5.41) is 9.49. The van der Waals surface area contributed by atoms with E-state index in [1.54, 1.807) is 0 Å². The first-order chi connectivity index (χ1) is 7.31. The highest BCUT2D eigenvalue weighted by atomic mass is 16.3. The molecule has 0 aromatic heterocycles. The molecule has 1 saturated carbocycles. The van der Waals surface area contributed by atoms with Gasteiger partial charge in [0, 0.05) is 11.6 Å². The van der Waals surface area contributed by atoms with Crippen molar-refractivity contribution >= 4 is 5.69 Å². The Kier molecular flexibility index (Phi) is 3.27. The molecule has 0 radical (unpaired) electrons. The molecule has 0 amide bonds. The van der Waals surface area contributed by atoms with Crippen LogP contribution in [0, 0.1) is 5.92 Å². The van der Waals surface area contributed by atoms with Crippen molar-refractivity contribution < 1.29 is 5.11 Å². The van der Waals surface area contributed by atoms with E-state index in [1.165, 1.54) is 31.2 Å². The molecule has 0 bridgehead atoms. The van der Waals surface area contributed by atoms with Crippen LogP contribution in [0.3, 0.4) is 0 Å². The second kappa shape index (κ2) is 4.67. The number of hydrogen-bond acceptors (Lipinski definition) is 2. The first kappa shape index (κ1) is 10.5. The number of hydrogen-bond donors (Lipinski definition) is 2. The summed E-state index contributed by atoms with van der Waals surface area (Å²) >= 11 is 0. The molecule has 1 fully saturated rings. The Labute approximate surface area is 91.1 Å². The van der Waals surface area contributed by atoms with Gasteiger partial charge in [-0.15, -0.1) is 0 Å². The molecule has 1 aliphatic carbocycles. The van der Waals surface area contributed by atoms with Gasteiger partial charge in [0.25, 0.3) is 0 Å². The fourth-order valence-corrected chi connectivity index (χ4v) is 2.68. The van der Waals surface area contributed by atoms with Crippen LogP contribution in [-0.4, -0.2) is 11.7 Å². The zero-order valence-electron chi connectivity index (χ0n) is 9.02. The molecule has 0 aliphatic heterocycles. The number of benzene rings is 1. The van der Waals surface area contributed by atoms with Gasteiger partial charge in [-0.05, 0) is 36.5 Å². The van der Waals surface area contributed by atoms with E-state index in [1.807, 2.05) is 18.2 Å². The maximum Gasteiger partial charge on any atom is 0.0502 e. The molecule has 1 unspecified atom stereocenters. The zero-order chi connectivity index (χ0) is 10.7. The fourth-order valence-electron chi connectivity index (χ4n) is 2.68. The lowest BCUT2D eigenvalue weighted by atomic mass is 9.85. The molecule has 82 valence electrons. The SMILES string of the molecule is Nc1cccc(C(CO)C2CCCC2)c1. The van der Waals surface area contributed by atoms with Gasteiger partial charge in [-0.2, -0.15) is 0 Å². The number of aliphatic hydroxyl groups is 1. The smallest absolute Gasteiger partial charge is 0.0502 e. The Morgan fingerprint density at radius 1 is 1.33 bits per heavy atom. The van der Waals surface area contributed by atoms with Crippen molar-refractivity contribution in [2.45, 2.75) is 31.6 Å². The van der Waals surface area contributed by atoms with Crippen molar-refractivity contribution in [2.75, 3.05) is 12.3 Å². The lowest BCUT2D eigenvalue weighted by Crippen LogP contribution is -2.14. The van der Waals surface area contributed by atoms with E-state index in [4.69, 9.17) is 5.73 Å². The lowest BCUT2D eigenvalue weighted by Gasteiger charge is -2.21. The van der Waals surface area contributed by atoms with Crippen LogP contribution in [0.25, 0.3) is 0 Å². The van der Waals surface area contributed by atoms with Gasteiger partial charge < -0.3 is 10.8 Å². The monoisotopic (exact) mass is 205 g/mol. The standard InChI is InChI=1S/C13H19NO/c14-12-7-3-6-11(8-12)13(9-15)10-4-1-2-5-10/h3,6-8,10,13,15H,1-2,4-5,9,14H2. The molecule has 0 spiro atoms. The average molecular weight is 205 g/mol. The van der Waals surface area contributed by atoms with Gasteiger partial charge in [0.05, 0.1) is 6.61 Å². The molecular weight excluding hydrogens is 186 g/mol. The minimum absolute atomic E-state index is 0.244. The number of anilines is 1. The Morgan fingerprint density at radius 3 is 2.67 bits per heavy atom. The van der Waals surface area contributed by atoms with Gasteiger partial charge in [-0.1, -0.05) is 25.0 Å². The van der Waals surface area contributed by atoms with Crippen molar-refractivity contribution in [3.8, 4) is 0 Å². The van der Waals surface area contributed by atoms with Gasteiger partial charge in [0.1, 0.15) is 0 Å². The summed E-state index contributed by atoms with van der Waals surface area (Å²) in [6.45, 7) is 0.244. The van der Waals surface area contributed by atoms with Crippen LogP contribution in [0.15, 0.2) is 24.3 Å². The molecule has 3 N–H and O–H groups in total. The molecule has 2 rings (SSSR count). The van der Waals surface area contributed by atoms with E-state index in [0.717, 1.165) is 5.69 Å². The van der Waals surface area contributed by atoms with Crippen LogP contribution < -0.4 is 5.73 Å². The van der Waals surface area contributed by atoms with Crippen molar-refractivity contribution in [1.82, 2.24) is 0 Å². The normalized spacial score (nSPS) is 19.3. The molecular formula is C13H19NO. The maximum absolute atomic E-state index is 9.49. The first-order valence-corrected chi connectivity index (χ1v) is 5.77. The number of nitrogens with two attached hydrogens (primary N) is 1. The van der Waals surface area contributed by atoms with Gasteiger partial charge in [-0.25, -0.2) is 0 Å². The summed E-state index contributed by atoms with van der Waals surface area (Å²) in [5.74, 6) is 0.938. The first-order valence-electron chi connectivity index (χ1n) is 5.77. The van der Waals surface area contributed by atoms with Crippen LogP contribution >= 0.6 is 0 Å². The molecule has 0 saturated heterocycles. The van der Waals surface area contributed by atoms with E-state index in [0.29, 0.717) is 5.92 Å². The number of nitrogen functional groups attached to an aromatic ring is 1. The summed E-state index contributed by atoms with van der Waals surface area (Å²) < 4.78 is 0. The van der Waals surface area contributed by atoms with E-state index >= 15 is 0 Å². The quantitative estimate of drug-likeness (QED) is 0.745. The summed E-state index contributed by atoms with van der Waals surface area (Å²) in [6.07, 6.45) is 5.12. The van der Waals surface area contributed by atoms with Crippen molar-refractivity contribution in [3.05, 3.63) is 29.8 Å². The second-order valence-corrected chi connectivity index (χ2v) is 4.50. The van der Waals surface area contributed by atoms with Gasteiger partial charge in [-0.3, -0.25) is 0 Å². The summed E-state index contributed by atoms with van der Waals surface area (Å²) in [4.78, 5) is 0. The van der Waals surface area contributed by atoms with E-state index in [9.17, 15) is 5.11 Å². The van der Waals surface area contributed by atoms with E-state index in [2.05, 4.69) is 6.07 Å². The Morgan fingerprint density at radius 2 is 2.07 bits per heavy atom. The minimum Gasteiger partial charge on any atom is -0.399 e. The zero-order valence-corrected chi connectivity index (χ0v) is 9.02. The Hall–Kier alpha value is -1.02. The van der Waals surface area contributed by atoms with Crippen LogP contribution in [0.4, 0.5) is 5.69 Å². The third-order valence-corrected chi connectivity index (χ3v) is 3.50. The highest BCUT2D eigenvalue weighted by molar-refractivity contribution is 5.42. The second-order valence-electron chi connectivity index (χ2n) is 4.50. The molecule has 2 nitrogen and oxygen atoms in total. The maximum atomic E-state index is 9.49. The van der Waals surface area contributed by atoms with Gasteiger partial charge >= 0.3 is 0 Å². The van der Waals surface area contributed by atoms with Crippen molar-refractivity contribution in [2.24, 2.45) is 5.92 Å². The van der Waals surface area contributed by atoms with Gasteiger partial charge in [0.15, 0.2) is 0 Å².